The Balaban J connectivity index is 1.69. The van der Waals surface area contributed by atoms with Crippen LogP contribution in [0.15, 0.2) is 48.5 Å². The molecule has 0 aliphatic carbocycles. The summed E-state index contributed by atoms with van der Waals surface area (Å²) >= 11 is 5.80. The maximum atomic E-state index is 12.8. The summed E-state index contributed by atoms with van der Waals surface area (Å²) in [6, 6.07) is 13.3. The van der Waals surface area contributed by atoms with E-state index < -0.39 is 6.10 Å². The second kappa shape index (κ2) is 8.53. The molecule has 1 amide bonds. The average molecular weight is 336 g/mol. The fourth-order valence-corrected chi connectivity index (χ4v) is 2.20. The molecule has 2 aromatic carbocycles. The predicted octanol–water partition coefficient (Wildman–Crippen LogP) is 4.00. The van der Waals surface area contributed by atoms with Crippen molar-refractivity contribution in [3.05, 3.63) is 64.9 Å². The summed E-state index contributed by atoms with van der Waals surface area (Å²) in [4.78, 5) is 12.0. The number of amides is 1. The van der Waals surface area contributed by atoms with Gasteiger partial charge in [-0.15, -0.1) is 0 Å². The minimum atomic E-state index is -0.581. The smallest absolute Gasteiger partial charge is 0.260 e. The Morgan fingerprint density at radius 1 is 1.17 bits per heavy atom. The first-order chi connectivity index (χ1) is 11.0. The molecule has 3 nitrogen and oxygen atoms in total. The summed E-state index contributed by atoms with van der Waals surface area (Å²) in [6.07, 6.45) is 0.986. The molecule has 0 saturated heterocycles. The van der Waals surface area contributed by atoms with Crippen LogP contribution in [0.25, 0.3) is 0 Å². The third kappa shape index (κ3) is 5.91. The third-order valence-electron chi connectivity index (χ3n) is 3.35. The van der Waals surface area contributed by atoms with Crippen molar-refractivity contribution >= 4 is 17.5 Å². The van der Waals surface area contributed by atoms with Crippen molar-refractivity contribution in [2.75, 3.05) is 6.54 Å². The summed E-state index contributed by atoms with van der Waals surface area (Å²) in [5.74, 6) is 0.192. The maximum Gasteiger partial charge on any atom is 0.260 e. The zero-order valence-corrected chi connectivity index (χ0v) is 13.6. The van der Waals surface area contributed by atoms with E-state index >= 15 is 0 Å². The molecule has 1 atom stereocenters. The van der Waals surface area contributed by atoms with Gasteiger partial charge in [0.2, 0.25) is 0 Å². The van der Waals surface area contributed by atoms with Gasteiger partial charge in [-0.05, 0) is 61.7 Å². The van der Waals surface area contributed by atoms with Gasteiger partial charge < -0.3 is 10.1 Å². The first-order valence-corrected chi connectivity index (χ1v) is 7.87. The number of ether oxygens (including phenoxy) is 1. The van der Waals surface area contributed by atoms with Crippen LogP contribution in [0, 0.1) is 5.82 Å². The van der Waals surface area contributed by atoms with Gasteiger partial charge in [0, 0.05) is 11.6 Å². The van der Waals surface area contributed by atoms with E-state index in [2.05, 4.69) is 5.32 Å². The predicted molar refractivity (Wildman–Crippen MR) is 89.3 cm³/mol. The normalized spacial score (nSPS) is 11.8. The van der Waals surface area contributed by atoms with Crippen LogP contribution in [0.4, 0.5) is 4.39 Å². The van der Waals surface area contributed by atoms with Crippen LogP contribution in [0.5, 0.6) is 5.75 Å². The topological polar surface area (TPSA) is 38.3 Å². The van der Waals surface area contributed by atoms with E-state index in [4.69, 9.17) is 16.3 Å². The zero-order valence-electron chi connectivity index (χ0n) is 12.9. The van der Waals surface area contributed by atoms with Crippen LogP contribution >= 0.6 is 11.6 Å². The number of rotatable bonds is 7. The van der Waals surface area contributed by atoms with E-state index in [1.54, 1.807) is 43.3 Å². The van der Waals surface area contributed by atoms with E-state index in [1.165, 1.54) is 12.1 Å². The number of aryl methyl sites for hydroxylation is 1. The minimum Gasteiger partial charge on any atom is -0.481 e. The van der Waals surface area contributed by atoms with Crippen LogP contribution in [0.2, 0.25) is 5.02 Å². The van der Waals surface area contributed by atoms with Crippen LogP contribution in [0.3, 0.4) is 0 Å². The molecular formula is C18H19ClFNO2. The van der Waals surface area contributed by atoms with E-state index in [9.17, 15) is 9.18 Å². The molecule has 122 valence electrons. The second-order valence-corrected chi connectivity index (χ2v) is 5.67. The van der Waals surface area contributed by atoms with Gasteiger partial charge in [0.05, 0.1) is 0 Å². The molecule has 0 unspecified atom stereocenters. The molecule has 5 heteroatoms. The fraction of sp³-hybridized carbons (Fsp3) is 0.278. The highest BCUT2D eigenvalue weighted by Crippen LogP contribution is 2.16. The van der Waals surface area contributed by atoms with Crippen molar-refractivity contribution in [1.82, 2.24) is 5.32 Å². The zero-order chi connectivity index (χ0) is 16.7. The largest absolute Gasteiger partial charge is 0.481 e. The van der Waals surface area contributed by atoms with Gasteiger partial charge in [0.25, 0.3) is 5.91 Å². The first-order valence-electron chi connectivity index (χ1n) is 7.49. The summed E-state index contributed by atoms with van der Waals surface area (Å²) in [6.45, 7) is 2.24. The van der Waals surface area contributed by atoms with Gasteiger partial charge in [-0.25, -0.2) is 4.39 Å². The van der Waals surface area contributed by atoms with Crippen molar-refractivity contribution in [3.8, 4) is 5.75 Å². The Kier molecular flexibility index (Phi) is 6.41. The number of carbonyl (C=O) groups is 1. The van der Waals surface area contributed by atoms with Gasteiger partial charge in [-0.1, -0.05) is 23.7 Å². The number of hydrogen-bond donors (Lipinski definition) is 1. The molecule has 1 N–H and O–H groups in total. The molecular weight excluding hydrogens is 317 g/mol. The number of nitrogens with one attached hydrogen (secondary N) is 1. The van der Waals surface area contributed by atoms with Crippen LogP contribution in [0.1, 0.15) is 18.9 Å². The Morgan fingerprint density at radius 3 is 2.48 bits per heavy atom. The second-order valence-electron chi connectivity index (χ2n) is 5.24. The average Bonchev–Trinajstić information content (AvgIpc) is 2.55. The number of hydrogen-bond acceptors (Lipinski definition) is 2. The fourth-order valence-electron chi connectivity index (χ4n) is 2.07. The van der Waals surface area contributed by atoms with Crippen molar-refractivity contribution in [3.63, 3.8) is 0 Å². The lowest BCUT2D eigenvalue weighted by molar-refractivity contribution is -0.127. The summed E-state index contributed by atoms with van der Waals surface area (Å²) in [5, 5.41) is 3.45. The Hall–Kier alpha value is -2.07. The highest BCUT2D eigenvalue weighted by Gasteiger charge is 2.13. The van der Waals surface area contributed by atoms with Crippen molar-refractivity contribution in [1.29, 1.82) is 0 Å². The minimum absolute atomic E-state index is 0.168. The first kappa shape index (κ1) is 17.3. The van der Waals surface area contributed by atoms with Crippen LogP contribution in [-0.4, -0.2) is 18.6 Å². The molecule has 0 aliphatic rings. The molecule has 0 radical (unpaired) electrons. The van der Waals surface area contributed by atoms with Gasteiger partial charge in [0.15, 0.2) is 6.10 Å². The van der Waals surface area contributed by atoms with Gasteiger partial charge in [-0.2, -0.15) is 0 Å². The monoisotopic (exact) mass is 335 g/mol. The molecule has 0 bridgehead atoms. The highest BCUT2D eigenvalue weighted by molar-refractivity contribution is 6.30. The highest BCUT2D eigenvalue weighted by atomic mass is 35.5. The summed E-state index contributed by atoms with van der Waals surface area (Å²) < 4.78 is 18.3. The number of halogens is 2. The molecule has 23 heavy (non-hydrogen) atoms. The number of benzene rings is 2. The third-order valence-corrected chi connectivity index (χ3v) is 3.60. The van der Waals surface area contributed by atoms with Gasteiger partial charge >= 0.3 is 0 Å². The Morgan fingerprint density at radius 2 is 1.83 bits per heavy atom. The molecule has 0 heterocycles. The maximum absolute atomic E-state index is 12.8. The van der Waals surface area contributed by atoms with Gasteiger partial charge in [0.1, 0.15) is 11.6 Å². The summed E-state index contributed by atoms with van der Waals surface area (Å²) in [7, 11) is 0. The molecule has 2 aromatic rings. The molecule has 2 rings (SSSR count). The lowest BCUT2D eigenvalue weighted by Crippen LogP contribution is -2.36. The lowest BCUT2D eigenvalue weighted by atomic mass is 10.1. The molecule has 0 aromatic heterocycles. The SMILES string of the molecule is C[C@@H](Oc1ccc(Cl)cc1)C(=O)NCCCc1ccc(F)cc1. The van der Waals surface area contributed by atoms with E-state index in [0.717, 1.165) is 18.4 Å². The van der Waals surface area contributed by atoms with E-state index in [-0.39, 0.29) is 11.7 Å². The van der Waals surface area contributed by atoms with E-state index in [0.29, 0.717) is 17.3 Å². The lowest BCUT2D eigenvalue weighted by Gasteiger charge is -2.14. The van der Waals surface area contributed by atoms with Crippen molar-refractivity contribution in [2.24, 2.45) is 0 Å². The number of carbonyl (C=O) groups excluding carboxylic acids is 1. The quantitative estimate of drug-likeness (QED) is 0.777. The molecule has 0 spiro atoms. The van der Waals surface area contributed by atoms with Gasteiger partial charge in [-0.3, -0.25) is 4.79 Å². The standard InChI is InChI=1S/C18H19ClFNO2/c1-13(23-17-10-6-15(19)7-11-17)18(22)21-12-2-3-14-4-8-16(20)9-5-14/h4-11,13H,2-3,12H2,1H3,(H,21,22)/t13-/m1/s1. The Labute approximate surface area is 140 Å². The molecule has 0 saturated carbocycles. The summed E-state index contributed by atoms with van der Waals surface area (Å²) in [5.41, 5.74) is 1.05. The van der Waals surface area contributed by atoms with Crippen LogP contribution < -0.4 is 10.1 Å². The Bertz CT molecular complexity index is 628. The van der Waals surface area contributed by atoms with Crippen LogP contribution in [-0.2, 0) is 11.2 Å². The van der Waals surface area contributed by atoms with E-state index in [1.807, 2.05) is 0 Å². The van der Waals surface area contributed by atoms with Crippen molar-refractivity contribution < 1.29 is 13.9 Å². The molecule has 0 aliphatic heterocycles. The van der Waals surface area contributed by atoms with Crippen molar-refractivity contribution in [2.45, 2.75) is 25.9 Å². The molecule has 0 fully saturated rings.